The Morgan fingerprint density at radius 3 is 2.88 bits per heavy atom. The molecule has 0 amide bonds. The predicted molar refractivity (Wildman–Crippen MR) is 93.8 cm³/mol. The van der Waals surface area contributed by atoms with Crippen LogP contribution in [0.4, 0.5) is 0 Å². The van der Waals surface area contributed by atoms with E-state index in [0.29, 0.717) is 12.5 Å². The summed E-state index contributed by atoms with van der Waals surface area (Å²) < 4.78 is 8.18. The van der Waals surface area contributed by atoms with Crippen molar-refractivity contribution < 1.29 is 4.74 Å². The first kappa shape index (κ1) is 15.8. The van der Waals surface area contributed by atoms with Gasteiger partial charge in [-0.15, -0.1) is 0 Å². The minimum Gasteiger partial charge on any atom is -0.492 e. The topological polar surface area (TPSA) is 56.1 Å². The molecule has 4 heterocycles. The Morgan fingerprint density at radius 2 is 2.04 bits per heavy atom. The summed E-state index contributed by atoms with van der Waals surface area (Å²) in [6.07, 6.45) is 9.22. The molecule has 1 aliphatic rings. The van der Waals surface area contributed by atoms with Crippen LogP contribution < -0.4 is 4.74 Å². The van der Waals surface area contributed by atoms with Gasteiger partial charge in [-0.25, -0.2) is 4.98 Å². The third kappa shape index (κ3) is 4.03. The Labute approximate surface area is 147 Å². The van der Waals surface area contributed by atoms with Gasteiger partial charge in [0, 0.05) is 50.7 Å². The molecule has 6 heteroatoms. The summed E-state index contributed by atoms with van der Waals surface area (Å²) in [7, 11) is 0. The Bertz CT molecular complexity index is 790. The third-order valence-corrected chi connectivity index (χ3v) is 4.39. The van der Waals surface area contributed by atoms with Crippen LogP contribution in [0.2, 0.25) is 0 Å². The lowest BCUT2D eigenvalue weighted by molar-refractivity contribution is 0.166. The number of nitrogens with zero attached hydrogens (tertiary/aromatic N) is 5. The predicted octanol–water partition coefficient (Wildman–Crippen LogP) is 2.38. The molecule has 0 bridgehead atoms. The van der Waals surface area contributed by atoms with Crippen molar-refractivity contribution in [3.8, 4) is 5.75 Å². The van der Waals surface area contributed by atoms with Gasteiger partial charge < -0.3 is 9.30 Å². The molecule has 4 rings (SSSR count). The van der Waals surface area contributed by atoms with Gasteiger partial charge in [0.05, 0.1) is 30.5 Å². The van der Waals surface area contributed by atoms with Crippen LogP contribution in [0.1, 0.15) is 11.4 Å². The van der Waals surface area contributed by atoms with Gasteiger partial charge >= 0.3 is 0 Å². The zero-order valence-electron chi connectivity index (χ0n) is 14.0. The summed E-state index contributed by atoms with van der Waals surface area (Å²) in [5.41, 5.74) is 2.32. The van der Waals surface area contributed by atoms with Crippen LogP contribution >= 0.6 is 0 Å². The van der Waals surface area contributed by atoms with Crippen LogP contribution in [0, 0.1) is 5.92 Å². The number of fused-ring (bicyclic) bond motifs is 1. The molecule has 0 N–H and O–H groups in total. The highest BCUT2D eigenvalue weighted by Gasteiger charge is 2.23. The van der Waals surface area contributed by atoms with Crippen LogP contribution in [0.25, 0.3) is 0 Å². The Kier molecular flexibility index (Phi) is 4.70. The van der Waals surface area contributed by atoms with E-state index in [1.165, 1.54) is 5.69 Å². The second-order valence-electron chi connectivity index (χ2n) is 6.39. The van der Waals surface area contributed by atoms with Gasteiger partial charge in [-0.05, 0) is 24.3 Å². The summed E-state index contributed by atoms with van der Waals surface area (Å²) in [5.74, 6) is 1.19. The van der Waals surface area contributed by atoms with E-state index in [-0.39, 0.29) is 0 Å². The summed E-state index contributed by atoms with van der Waals surface area (Å²) in [4.78, 5) is 15.3. The standard InChI is InChI=1S/C19H21N5O/c1-2-7-22-17(4-1)12-23-10-16(11-24-15-21-8-18(24)13-23)14-25-19-5-3-6-20-9-19/h1-9,15-16H,10-14H2/t16-/m0/s1. The van der Waals surface area contributed by atoms with Crippen LogP contribution in [-0.2, 0) is 19.6 Å². The lowest BCUT2D eigenvalue weighted by Gasteiger charge is -2.23. The first-order valence-electron chi connectivity index (χ1n) is 8.51. The third-order valence-electron chi connectivity index (χ3n) is 4.39. The molecule has 0 aliphatic carbocycles. The molecule has 25 heavy (non-hydrogen) atoms. The van der Waals surface area contributed by atoms with E-state index in [2.05, 4.69) is 30.5 Å². The van der Waals surface area contributed by atoms with Gasteiger partial charge in [0.1, 0.15) is 5.75 Å². The number of rotatable bonds is 5. The minimum atomic E-state index is 0.374. The maximum absolute atomic E-state index is 5.95. The SMILES string of the molecule is c1ccc(CN2Cc3cncn3C[C@@H](COc3cccnc3)C2)nc1. The normalized spacial score (nSPS) is 17.7. The summed E-state index contributed by atoms with van der Waals surface area (Å²) in [5, 5.41) is 0. The summed E-state index contributed by atoms with van der Waals surface area (Å²) in [6, 6.07) is 9.89. The van der Waals surface area contributed by atoms with Gasteiger partial charge in [-0.1, -0.05) is 6.07 Å². The highest BCUT2D eigenvalue weighted by atomic mass is 16.5. The fourth-order valence-electron chi connectivity index (χ4n) is 3.23. The molecule has 0 unspecified atom stereocenters. The van der Waals surface area contributed by atoms with Crippen LogP contribution in [-0.4, -0.2) is 37.6 Å². The van der Waals surface area contributed by atoms with E-state index < -0.39 is 0 Å². The number of hydrogen-bond acceptors (Lipinski definition) is 5. The monoisotopic (exact) mass is 335 g/mol. The summed E-state index contributed by atoms with van der Waals surface area (Å²) in [6.45, 7) is 4.23. The zero-order chi connectivity index (χ0) is 16.9. The highest BCUT2D eigenvalue weighted by molar-refractivity contribution is 5.15. The number of pyridine rings is 2. The van der Waals surface area contributed by atoms with Gasteiger partial charge in [-0.3, -0.25) is 14.9 Å². The van der Waals surface area contributed by atoms with Crippen molar-refractivity contribution in [2.24, 2.45) is 5.92 Å². The molecule has 0 radical (unpaired) electrons. The Morgan fingerprint density at radius 1 is 1.04 bits per heavy atom. The van der Waals surface area contributed by atoms with Crippen molar-refractivity contribution in [1.29, 1.82) is 0 Å². The number of imidazole rings is 1. The van der Waals surface area contributed by atoms with E-state index in [0.717, 1.165) is 37.6 Å². The zero-order valence-corrected chi connectivity index (χ0v) is 14.0. The summed E-state index contributed by atoms with van der Waals surface area (Å²) >= 11 is 0. The molecule has 1 aliphatic heterocycles. The lowest BCUT2D eigenvalue weighted by Crippen LogP contribution is -2.31. The van der Waals surface area contributed by atoms with Crippen molar-refractivity contribution in [2.45, 2.75) is 19.6 Å². The maximum Gasteiger partial charge on any atom is 0.137 e. The second-order valence-corrected chi connectivity index (χ2v) is 6.39. The molecule has 3 aromatic heterocycles. The quantitative estimate of drug-likeness (QED) is 0.716. The average molecular weight is 335 g/mol. The van der Waals surface area contributed by atoms with Crippen molar-refractivity contribution in [3.05, 3.63) is 72.8 Å². The first-order valence-corrected chi connectivity index (χ1v) is 8.51. The molecular weight excluding hydrogens is 314 g/mol. The van der Waals surface area contributed by atoms with Crippen LogP contribution in [0.3, 0.4) is 0 Å². The van der Waals surface area contributed by atoms with Gasteiger partial charge in [-0.2, -0.15) is 0 Å². The number of hydrogen-bond donors (Lipinski definition) is 0. The number of ether oxygens (including phenoxy) is 1. The molecule has 128 valence electrons. The molecular formula is C19H21N5O. The fraction of sp³-hybridized carbons (Fsp3) is 0.316. The largest absolute Gasteiger partial charge is 0.492 e. The van der Waals surface area contributed by atoms with Crippen LogP contribution in [0.15, 0.2) is 61.4 Å². The van der Waals surface area contributed by atoms with Crippen LogP contribution in [0.5, 0.6) is 5.75 Å². The van der Waals surface area contributed by atoms with E-state index >= 15 is 0 Å². The van der Waals surface area contributed by atoms with Gasteiger partial charge in [0.15, 0.2) is 0 Å². The van der Waals surface area contributed by atoms with E-state index in [1.54, 1.807) is 12.4 Å². The van der Waals surface area contributed by atoms with Gasteiger partial charge in [0.25, 0.3) is 0 Å². The van der Waals surface area contributed by atoms with Crippen molar-refractivity contribution in [2.75, 3.05) is 13.2 Å². The second kappa shape index (κ2) is 7.44. The molecule has 6 nitrogen and oxygen atoms in total. The Hall–Kier alpha value is -2.73. The molecule has 0 fully saturated rings. The average Bonchev–Trinajstić information content (AvgIpc) is 3.01. The molecule has 3 aromatic rings. The molecule has 1 atom stereocenters. The molecule has 0 aromatic carbocycles. The smallest absolute Gasteiger partial charge is 0.137 e. The maximum atomic E-state index is 5.95. The lowest BCUT2D eigenvalue weighted by atomic mass is 10.1. The van der Waals surface area contributed by atoms with E-state index in [1.807, 2.05) is 43.0 Å². The van der Waals surface area contributed by atoms with Crippen molar-refractivity contribution in [3.63, 3.8) is 0 Å². The Balaban J connectivity index is 1.47. The van der Waals surface area contributed by atoms with Crippen molar-refractivity contribution >= 4 is 0 Å². The van der Waals surface area contributed by atoms with Gasteiger partial charge in [0.2, 0.25) is 0 Å². The minimum absolute atomic E-state index is 0.374. The van der Waals surface area contributed by atoms with E-state index in [4.69, 9.17) is 4.74 Å². The fourth-order valence-corrected chi connectivity index (χ4v) is 3.23. The first-order chi connectivity index (χ1) is 12.4. The molecule has 0 spiro atoms. The number of aromatic nitrogens is 4. The van der Waals surface area contributed by atoms with E-state index in [9.17, 15) is 0 Å². The van der Waals surface area contributed by atoms with Crippen molar-refractivity contribution in [1.82, 2.24) is 24.4 Å². The highest BCUT2D eigenvalue weighted by Crippen LogP contribution is 2.19. The molecule has 0 saturated heterocycles. The molecule has 0 saturated carbocycles.